The van der Waals surface area contributed by atoms with E-state index in [0.717, 1.165) is 21.8 Å². The first-order chi connectivity index (χ1) is 8.13. The summed E-state index contributed by atoms with van der Waals surface area (Å²) in [6.07, 6.45) is 2.65. The van der Waals surface area contributed by atoms with Gasteiger partial charge in [-0.05, 0) is 24.6 Å². The first-order valence-electron chi connectivity index (χ1n) is 5.55. The van der Waals surface area contributed by atoms with Crippen molar-refractivity contribution in [3.8, 4) is 0 Å². The summed E-state index contributed by atoms with van der Waals surface area (Å²) in [6.45, 7) is 2.44. The Kier molecular flexibility index (Phi) is 3.52. The molecule has 0 aliphatic heterocycles. The van der Waals surface area contributed by atoms with E-state index in [1.807, 2.05) is 42.9 Å². The SMILES string of the molecule is CCCOC(=O)c1cn(C)c2ccc(Br)cc12. The van der Waals surface area contributed by atoms with Crippen molar-refractivity contribution in [3.63, 3.8) is 0 Å². The fourth-order valence-electron chi connectivity index (χ4n) is 1.80. The maximum Gasteiger partial charge on any atom is 0.340 e. The van der Waals surface area contributed by atoms with Crippen molar-refractivity contribution in [3.05, 3.63) is 34.4 Å². The van der Waals surface area contributed by atoms with Gasteiger partial charge in [-0.25, -0.2) is 4.79 Å². The Hall–Kier alpha value is -1.29. The second kappa shape index (κ2) is 4.92. The number of benzene rings is 1. The number of carbonyl (C=O) groups excluding carboxylic acids is 1. The largest absolute Gasteiger partial charge is 0.462 e. The maximum absolute atomic E-state index is 11.9. The number of halogens is 1. The third kappa shape index (κ3) is 2.36. The highest BCUT2D eigenvalue weighted by atomic mass is 79.9. The number of hydrogen-bond donors (Lipinski definition) is 0. The van der Waals surface area contributed by atoms with Crippen LogP contribution in [0.15, 0.2) is 28.9 Å². The molecule has 0 atom stereocenters. The van der Waals surface area contributed by atoms with E-state index in [1.165, 1.54) is 0 Å². The van der Waals surface area contributed by atoms with Crippen molar-refractivity contribution in [2.45, 2.75) is 13.3 Å². The quantitative estimate of drug-likeness (QED) is 0.812. The van der Waals surface area contributed by atoms with Gasteiger partial charge in [0.1, 0.15) is 0 Å². The van der Waals surface area contributed by atoms with Crippen LogP contribution in [-0.4, -0.2) is 17.1 Å². The molecule has 90 valence electrons. The van der Waals surface area contributed by atoms with Crippen LogP contribution in [0.4, 0.5) is 0 Å². The van der Waals surface area contributed by atoms with E-state index in [9.17, 15) is 4.79 Å². The van der Waals surface area contributed by atoms with Crippen molar-refractivity contribution in [1.82, 2.24) is 4.57 Å². The Morgan fingerprint density at radius 2 is 2.24 bits per heavy atom. The van der Waals surface area contributed by atoms with E-state index in [0.29, 0.717) is 12.2 Å². The second-order valence-corrected chi connectivity index (χ2v) is 4.87. The molecule has 1 aromatic carbocycles. The molecule has 0 saturated carbocycles. The minimum atomic E-state index is -0.254. The summed E-state index contributed by atoms with van der Waals surface area (Å²) in [4.78, 5) is 11.9. The number of aromatic nitrogens is 1. The number of esters is 1. The predicted octanol–water partition coefficient (Wildman–Crippen LogP) is 3.51. The van der Waals surface area contributed by atoms with E-state index >= 15 is 0 Å². The van der Waals surface area contributed by atoms with Crippen molar-refractivity contribution < 1.29 is 9.53 Å². The number of hydrogen-bond acceptors (Lipinski definition) is 2. The predicted molar refractivity (Wildman–Crippen MR) is 71.2 cm³/mol. The molecule has 0 spiro atoms. The van der Waals surface area contributed by atoms with Crippen LogP contribution in [-0.2, 0) is 11.8 Å². The van der Waals surface area contributed by atoms with E-state index in [2.05, 4.69) is 15.9 Å². The van der Waals surface area contributed by atoms with Crippen molar-refractivity contribution >= 4 is 32.8 Å². The Morgan fingerprint density at radius 1 is 1.47 bits per heavy atom. The number of rotatable bonds is 3. The Balaban J connectivity index is 2.46. The number of carbonyl (C=O) groups is 1. The average Bonchev–Trinajstić information content (AvgIpc) is 2.63. The van der Waals surface area contributed by atoms with Gasteiger partial charge in [0.25, 0.3) is 0 Å². The van der Waals surface area contributed by atoms with E-state index in [4.69, 9.17) is 4.74 Å². The van der Waals surface area contributed by atoms with Gasteiger partial charge >= 0.3 is 5.97 Å². The van der Waals surface area contributed by atoms with Gasteiger partial charge < -0.3 is 9.30 Å². The van der Waals surface area contributed by atoms with Crippen LogP contribution in [0.2, 0.25) is 0 Å². The fourth-order valence-corrected chi connectivity index (χ4v) is 2.16. The van der Waals surface area contributed by atoms with Crippen LogP contribution in [0.25, 0.3) is 10.9 Å². The van der Waals surface area contributed by atoms with Gasteiger partial charge in [0, 0.05) is 28.6 Å². The lowest BCUT2D eigenvalue weighted by atomic mass is 10.2. The van der Waals surface area contributed by atoms with Crippen LogP contribution in [0.3, 0.4) is 0 Å². The normalized spacial score (nSPS) is 10.8. The van der Waals surface area contributed by atoms with Gasteiger partial charge in [0.05, 0.1) is 12.2 Å². The first-order valence-corrected chi connectivity index (χ1v) is 6.34. The van der Waals surface area contributed by atoms with Crippen LogP contribution in [0.5, 0.6) is 0 Å². The Labute approximate surface area is 108 Å². The molecule has 0 amide bonds. The van der Waals surface area contributed by atoms with Gasteiger partial charge in [-0.1, -0.05) is 22.9 Å². The standard InChI is InChI=1S/C13H14BrNO2/c1-3-6-17-13(16)11-8-15(2)12-5-4-9(14)7-10(11)12/h4-5,7-8H,3,6H2,1-2H3. The molecule has 0 bridgehead atoms. The molecule has 2 aromatic rings. The van der Waals surface area contributed by atoms with Crippen LogP contribution < -0.4 is 0 Å². The zero-order valence-electron chi connectivity index (χ0n) is 9.87. The van der Waals surface area contributed by atoms with E-state index < -0.39 is 0 Å². The summed E-state index contributed by atoms with van der Waals surface area (Å²) in [6, 6.07) is 5.89. The molecule has 0 saturated heterocycles. The van der Waals surface area contributed by atoms with Gasteiger partial charge in [-0.2, -0.15) is 0 Å². The number of fused-ring (bicyclic) bond motifs is 1. The first kappa shape index (κ1) is 12.2. The van der Waals surface area contributed by atoms with Gasteiger partial charge in [0.15, 0.2) is 0 Å². The highest BCUT2D eigenvalue weighted by Crippen LogP contribution is 2.25. The number of aryl methyl sites for hydroxylation is 1. The molecule has 0 radical (unpaired) electrons. The molecular formula is C13H14BrNO2. The molecular weight excluding hydrogens is 282 g/mol. The highest BCUT2D eigenvalue weighted by Gasteiger charge is 2.15. The number of nitrogens with zero attached hydrogens (tertiary/aromatic N) is 1. The molecule has 1 aromatic heterocycles. The molecule has 0 aliphatic rings. The molecule has 0 N–H and O–H groups in total. The topological polar surface area (TPSA) is 31.2 Å². The molecule has 0 unspecified atom stereocenters. The fraction of sp³-hybridized carbons (Fsp3) is 0.308. The lowest BCUT2D eigenvalue weighted by molar-refractivity contribution is 0.0507. The summed E-state index contributed by atoms with van der Waals surface area (Å²) in [5.74, 6) is -0.254. The zero-order valence-corrected chi connectivity index (χ0v) is 11.5. The molecule has 1 heterocycles. The van der Waals surface area contributed by atoms with E-state index in [-0.39, 0.29) is 5.97 Å². The van der Waals surface area contributed by atoms with Crippen molar-refractivity contribution in [2.75, 3.05) is 6.61 Å². The summed E-state index contributed by atoms with van der Waals surface area (Å²) in [5, 5.41) is 0.919. The van der Waals surface area contributed by atoms with Crippen LogP contribution in [0.1, 0.15) is 23.7 Å². The Morgan fingerprint density at radius 3 is 2.94 bits per heavy atom. The molecule has 0 fully saturated rings. The monoisotopic (exact) mass is 295 g/mol. The summed E-state index contributed by atoms with van der Waals surface area (Å²) in [7, 11) is 1.92. The lowest BCUT2D eigenvalue weighted by Gasteiger charge is -2.01. The van der Waals surface area contributed by atoms with Crippen molar-refractivity contribution in [1.29, 1.82) is 0 Å². The molecule has 4 heteroatoms. The lowest BCUT2D eigenvalue weighted by Crippen LogP contribution is -2.05. The summed E-state index contributed by atoms with van der Waals surface area (Å²) >= 11 is 3.42. The van der Waals surface area contributed by atoms with Crippen LogP contribution >= 0.6 is 15.9 Å². The zero-order chi connectivity index (χ0) is 12.4. The summed E-state index contributed by atoms with van der Waals surface area (Å²) in [5.41, 5.74) is 1.65. The minimum Gasteiger partial charge on any atom is -0.462 e. The average molecular weight is 296 g/mol. The number of ether oxygens (including phenoxy) is 1. The van der Waals surface area contributed by atoms with Gasteiger partial charge in [0.2, 0.25) is 0 Å². The molecule has 2 rings (SSSR count). The highest BCUT2D eigenvalue weighted by molar-refractivity contribution is 9.10. The summed E-state index contributed by atoms with van der Waals surface area (Å²) < 4.78 is 8.06. The van der Waals surface area contributed by atoms with Gasteiger partial charge in [-0.3, -0.25) is 0 Å². The third-order valence-corrected chi connectivity index (χ3v) is 3.10. The second-order valence-electron chi connectivity index (χ2n) is 3.95. The minimum absolute atomic E-state index is 0.254. The molecule has 3 nitrogen and oxygen atoms in total. The third-order valence-electron chi connectivity index (χ3n) is 2.61. The van der Waals surface area contributed by atoms with E-state index in [1.54, 1.807) is 0 Å². The van der Waals surface area contributed by atoms with Gasteiger partial charge in [-0.15, -0.1) is 0 Å². The Bertz CT molecular complexity index is 560. The molecule has 0 aliphatic carbocycles. The maximum atomic E-state index is 11.9. The smallest absolute Gasteiger partial charge is 0.340 e. The van der Waals surface area contributed by atoms with Crippen LogP contribution in [0, 0.1) is 0 Å². The van der Waals surface area contributed by atoms with Crippen molar-refractivity contribution in [2.24, 2.45) is 7.05 Å². The molecule has 17 heavy (non-hydrogen) atoms.